The zero-order chi connectivity index (χ0) is 16.4. The average Bonchev–Trinajstić information content (AvgIpc) is 2.96. The first-order valence-corrected chi connectivity index (χ1v) is 7.63. The second-order valence-corrected chi connectivity index (χ2v) is 5.88. The largest absolute Gasteiger partial charge is 0.465 e. The Bertz CT molecular complexity index is 676. The molecule has 3 rings (SSSR count). The fraction of sp³-hybridized carbons (Fsp3) is 0.467. The van der Waals surface area contributed by atoms with E-state index in [1.165, 1.54) is 11.1 Å². The van der Waals surface area contributed by atoms with Gasteiger partial charge in [0, 0.05) is 30.9 Å². The molecule has 0 saturated heterocycles. The molecule has 1 aliphatic rings. The van der Waals surface area contributed by atoms with Crippen LogP contribution in [0.5, 0.6) is 0 Å². The van der Waals surface area contributed by atoms with E-state index in [4.69, 9.17) is 5.73 Å². The SMILES string of the molecule is Cn1cc(-c2cnc(N(C(=O)O)C3CCC(N)CC3)cn2)cn1. The van der Waals surface area contributed by atoms with E-state index < -0.39 is 6.09 Å². The van der Waals surface area contributed by atoms with Crippen LogP contribution in [-0.4, -0.2) is 43.0 Å². The van der Waals surface area contributed by atoms with Gasteiger partial charge in [-0.25, -0.2) is 9.78 Å². The number of rotatable bonds is 3. The Kier molecular flexibility index (Phi) is 4.24. The van der Waals surface area contributed by atoms with E-state index in [2.05, 4.69) is 15.1 Å². The predicted octanol–water partition coefficient (Wildman–Crippen LogP) is 1.63. The zero-order valence-corrected chi connectivity index (χ0v) is 13.0. The van der Waals surface area contributed by atoms with Gasteiger partial charge in [0.25, 0.3) is 0 Å². The van der Waals surface area contributed by atoms with Crippen molar-refractivity contribution >= 4 is 11.9 Å². The number of hydrogen-bond donors (Lipinski definition) is 2. The number of aryl methyl sites for hydroxylation is 1. The van der Waals surface area contributed by atoms with Crippen molar-refractivity contribution in [2.24, 2.45) is 12.8 Å². The van der Waals surface area contributed by atoms with Crippen LogP contribution in [0.15, 0.2) is 24.8 Å². The molecule has 0 unspecified atom stereocenters. The van der Waals surface area contributed by atoms with Gasteiger partial charge in [0.15, 0.2) is 5.82 Å². The molecule has 2 aromatic rings. The van der Waals surface area contributed by atoms with E-state index in [-0.39, 0.29) is 12.1 Å². The minimum atomic E-state index is -1.01. The highest BCUT2D eigenvalue weighted by molar-refractivity contribution is 5.85. The van der Waals surface area contributed by atoms with Gasteiger partial charge >= 0.3 is 6.09 Å². The maximum atomic E-state index is 11.7. The Morgan fingerprint density at radius 1 is 1.26 bits per heavy atom. The van der Waals surface area contributed by atoms with Crippen LogP contribution < -0.4 is 10.6 Å². The summed E-state index contributed by atoms with van der Waals surface area (Å²) in [5.41, 5.74) is 7.41. The summed E-state index contributed by atoms with van der Waals surface area (Å²) >= 11 is 0. The maximum absolute atomic E-state index is 11.7. The summed E-state index contributed by atoms with van der Waals surface area (Å²) < 4.78 is 1.68. The van der Waals surface area contributed by atoms with Gasteiger partial charge in [-0.05, 0) is 25.7 Å². The highest BCUT2D eigenvalue weighted by Crippen LogP contribution is 2.26. The number of carboxylic acid groups (broad SMARTS) is 1. The first kappa shape index (κ1) is 15.4. The van der Waals surface area contributed by atoms with Gasteiger partial charge in [0.05, 0.1) is 24.3 Å². The standard InChI is InChI=1S/C15H20N6O2/c1-20-9-10(6-19-20)13-7-18-14(8-17-13)21(15(22)23)12-4-2-11(16)3-5-12/h6-9,11-12H,2-5,16H2,1H3,(H,22,23). The van der Waals surface area contributed by atoms with E-state index in [9.17, 15) is 9.90 Å². The summed E-state index contributed by atoms with van der Waals surface area (Å²) in [7, 11) is 1.82. The van der Waals surface area contributed by atoms with E-state index in [0.717, 1.165) is 31.2 Å². The molecule has 0 aliphatic heterocycles. The molecule has 0 atom stereocenters. The van der Waals surface area contributed by atoms with Crippen LogP contribution in [0.1, 0.15) is 25.7 Å². The van der Waals surface area contributed by atoms with Gasteiger partial charge in [-0.15, -0.1) is 0 Å². The van der Waals surface area contributed by atoms with Gasteiger partial charge in [-0.2, -0.15) is 5.10 Å². The second-order valence-electron chi connectivity index (χ2n) is 5.88. The normalized spacial score (nSPS) is 21.1. The first-order chi connectivity index (χ1) is 11.0. The molecule has 8 heteroatoms. The van der Waals surface area contributed by atoms with Crippen molar-refractivity contribution in [3.8, 4) is 11.3 Å². The van der Waals surface area contributed by atoms with Crippen molar-refractivity contribution in [3.05, 3.63) is 24.8 Å². The number of aromatic nitrogens is 4. The van der Waals surface area contributed by atoms with E-state index in [1.54, 1.807) is 17.1 Å². The van der Waals surface area contributed by atoms with Crippen molar-refractivity contribution in [2.75, 3.05) is 4.90 Å². The highest BCUT2D eigenvalue weighted by atomic mass is 16.4. The highest BCUT2D eigenvalue weighted by Gasteiger charge is 2.29. The summed E-state index contributed by atoms with van der Waals surface area (Å²) in [5, 5.41) is 13.6. The Morgan fingerprint density at radius 2 is 2.00 bits per heavy atom. The summed E-state index contributed by atoms with van der Waals surface area (Å²) in [6.07, 6.45) is 8.77. The molecule has 1 fully saturated rings. The van der Waals surface area contributed by atoms with E-state index in [0.29, 0.717) is 11.5 Å². The van der Waals surface area contributed by atoms with Crippen molar-refractivity contribution in [1.82, 2.24) is 19.7 Å². The molecule has 0 bridgehead atoms. The molecule has 1 amide bonds. The van der Waals surface area contributed by atoms with Crippen LogP contribution in [0, 0.1) is 0 Å². The van der Waals surface area contributed by atoms with Gasteiger partial charge in [0.2, 0.25) is 0 Å². The molecular weight excluding hydrogens is 296 g/mol. The van der Waals surface area contributed by atoms with Crippen LogP contribution in [-0.2, 0) is 7.05 Å². The van der Waals surface area contributed by atoms with Crippen molar-refractivity contribution in [2.45, 2.75) is 37.8 Å². The van der Waals surface area contributed by atoms with Crippen LogP contribution in [0.25, 0.3) is 11.3 Å². The predicted molar refractivity (Wildman–Crippen MR) is 85.0 cm³/mol. The van der Waals surface area contributed by atoms with Gasteiger partial charge < -0.3 is 10.8 Å². The Balaban J connectivity index is 1.81. The Hall–Kier alpha value is -2.48. The molecule has 3 N–H and O–H groups in total. The number of hydrogen-bond acceptors (Lipinski definition) is 5. The van der Waals surface area contributed by atoms with Crippen molar-refractivity contribution in [3.63, 3.8) is 0 Å². The lowest BCUT2D eigenvalue weighted by Gasteiger charge is -2.33. The van der Waals surface area contributed by atoms with Gasteiger partial charge in [0.1, 0.15) is 0 Å². The fourth-order valence-corrected chi connectivity index (χ4v) is 2.95. The molecule has 0 radical (unpaired) electrons. The van der Waals surface area contributed by atoms with Crippen LogP contribution in [0.4, 0.5) is 10.6 Å². The molecule has 23 heavy (non-hydrogen) atoms. The molecule has 2 aromatic heterocycles. The summed E-state index contributed by atoms with van der Waals surface area (Å²) in [4.78, 5) is 21.6. The third-order valence-electron chi connectivity index (χ3n) is 4.20. The second kappa shape index (κ2) is 6.33. The molecular formula is C15H20N6O2. The number of anilines is 1. The average molecular weight is 316 g/mol. The van der Waals surface area contributed by atoms with Crippen LogP contribution >= 0.6 is 0 Å². The number of nitrogens with zero attached hydrogens (tertiary/aromatic N) is 5. The Morgan fingerprint density at radius 3 is 2.52 bits per heavy atom. The number of carbonyl (C=O) groups is 1. The Labute approximate surface area is 134 Å². The van der Waals surface area contributed by atoms with Crippen molar-refractivity contribution in [1.29, 1.82) is 0 Å². The minimum Gasteiger partial charge on any atom is -0.465 e. The number of nitrogens with two attached hydrogens (primary N) is 1. The molecule has 8 nitrogen and oxygen atoms in total. The summed E-state index contributed by atoms with van der Waals surface area (Å²) in [6, 6.07) is 0.0757. The monoisotopic (exact) mass is 316 g/mol. The quantitative estimate of drug-likeness (QED) is 0.890. The summed E-state index contributed by atoms with van der Waals surface area (Å²) in [5.74, 6) is 0.352. The van der Waals surface area contributed by atoms with Crippen molar-refractivity contribution < 1.29 is 9.90 Å². The van der Waals surface area contributed by atoms with Gasteiger partial charge in [-0.1, -0.05) is 0 Å². The minimum absolute atomic E-state index is 0.0918. The molecule has 1 aliphatic carbocycles. The third-order valence-corrected chi connectivity index (χ3v) is 4.20. The zero-order valence-electron chi connectivity index (χ0n) is 13.0. The third kappa shape index (κ3) is 3.31. The smallest absolute Gasteiger partial charge is 0.413 e. The first-order valence-electron chi connectivity index (χ1n) is 7.63. The lowest BCUT2D eigenvalue weighted by molar-refractivity contribution is 0.195. The molecule has 122 valence electrons. The topological polar surface area (TPSA) is 110 Å². The number of amides is 1. The van der Waals surface area contributed by atoms with Gasteiger partial charge in [-0.3, -0.25) is 14.6 Å². The molecule has 0 spiro atoms. The summed E-state index contributed by atoms with van der Waals surface area (Å²) in [6.45, 7) is 0. The maximum Gasteiger partial charge on any atom is 0.413 e. The van der Waals surface area contributed by atoms with E-state index >= 15 is 0 Å². The lowest BCUT2D eigenvalue weighted by atomic mass is 9.91. The van der Waals surface area contributed by atoms with Crippen LogP contribution in [0.2, 0.25) is 0 Å². The molecule has 2 heterocycles. The fourth-order valence-electron chi connectivity index (χ4n) is 2.95. The molecule has 1 saturated carbocycles. The molecule has 0 aromatic carbocycles. The van der Waals surface area contributed by atoms with Crippen LogP contribution in [0.3, 0.4) is 0 Å². The lowest BCUT2D eigenvalue weighted by Crippen LogP contribution is -2.44. The van der Waals surface area contributed by atoms with E-state index in [1.807, 2.05) is 13.2 Å².